The molecule has 0 heterocycles. The smallest absolute Gasteiger partial charge is 0.350 e. The zero-order valence-corrected chi connectivity index (χ0v) is 26.9. The summed E-state index contributed by atoms with van der Waals surface area (Å²) in [6.45, 7) is 6.17. The van der Waals surface area contributed by atoms with Crippen molar-refractivity contribution in [2.24, 2.45) is 5.92 Å². The lowest BCUT2D eigenvalue weighted by Gasteiger charge is -2.44. The van der Waals surface area contributed by atoms with Crippen molar-refractivity contribution >= 4 is 0 Å². The van der Waals surface area contributed by atoms with Crippen LogP contribution < -0.4 is 0 Å². The summed E-state index contributed by atoms with van der Waals surface area (Å²) in [6.07, 6.45) is -5.84. The molecule has 0 N–H and O–H groups in total. The van der Waals surface area contributed by atoms with Gasteiger partial charge in [-0.05, 0) is 19.3 Å². The van der Waals surface area contributed by atoms with Gasteiger partial charge in [0.15, 0.2) is 5.79 Å². The standard InChI is InChI=1S/C29H43F17O2/c1-5-8-11-12-13-14-15-20(4)21(47-18-9-6-2,48-19-10-7-3)16-17-22(30,31)23(32,33)24(34,35)25(36,37)26(38,39)27(40,41)28(42,43)29(44,45)46/h20H,5-19H2,1-4H3. The summed E-state index contributed by atoms with van der Waals surface area (Å²) in [4.78, 5) is 0. The van der Waals surface area contributed by atoms with Crippen LogP contribution in [0.5, 0.6) is 0 Å². The van der Waals surface area contributed by atoms with Crippen LogP contribution in [0.1, 0.15) is 111 Å². The Morgan fingerprint density at radius 3 is 1.17 bits per heavy atom. The van der Waals surface area contributed by atoms with E-state index in [1.807, 2.05) is 6.92 Å². The number of hydrogen-bond acceptors (Lipinski definition) is 2. The molecule has 19 heteroatoms. The third-order valence-corrected chi connectivity index (χ3v) is 8.00. The van der Waals surface area contributed by atoms with Crippen molar-refractivity contribution in [3.8, 4) is 0 Å². The molecule has 0 aliphatic heterocycles. The van der Waals surface area contributed by atoms with Gasteiger partial charge in [-0.25, -0.2) is 0 Å². The van der Waals surface area contributed by atoms with Gasteiger partial charge in [-0.2, -0.15) is 74.6 Å². The highest BCUT2D eigenvalue weighted by atomic mass is 19.4. The number of hydrogen-bond donors (Lipinski definition) is 0. The average molecular weight is 747 g/mol. The van der Waals surface area contributed by atoms with E-state index in [1.165, 1.54) is 6.92 Å². The van der Waals surface area contributed by atoms with Gasteiger partial charge in [0.2, 0.25) is 0 Å². The van der Waals surface area contributed by atoms with E-state index in [0.717, 1.165) is 25.7 Å². The van der Waals surface area contributed by atoms with Crippen molar-refractivity contribution < 1.29 is 84.1 Å². The van der Waals surface area contributed by atoms with Gasteiger partial charge in [0.25, 0.3) is 0 Å². The van der Waals surface area contributed by atoms with E-state index >= 15 is 0 Å². The van der Waals surface area contributed by atoms with Gasteiger partial charge in [-0.1, -0.05) is 79.1 Å². The highest BCUT2D eigenvalue weighted by Gasteiger charge is 2.95. The summed E-state index contributed by atoms with van der Waals surface area (Å²) >= 11 is 0. The Hall–Kier alpha value is -1.27. The van der Waals surface area contributed by atoms with Crippen LogP contribution in [0.15, 0.2) is 0 Å². The van der Waals surface area contributed by atoms with Crippen molar-refractivity contribution in [2.75, 3.05) is 13.2 Å². The molecular formula is C29H43F17O2. The number of unbranched alkanes of at least 4 members (excludes halogenated alkanes) is 7. The molecule has 2 nitrogen and oxygen atoms in total. The molecule has 0 bridgehead atoms. The van der Waals surface area contributed by atoms with Gasteiger partial charge in [-0.3, -0.25) is 0 Å². The zero-order chi connectivity index (χ0) is 38.1. The second-order valence-electron chi connectivity index (χ2n) is 11.8. The van der Waals surface area contributed by atoms with E-state index in [9.17, 15) is 74.6 Å². The van der Waals surface area contributed by atoms with Crippen molar-refractivity contribution in [1.82, 2.24) is 0 Å². The minimum absolute atomic E-state index is 0.134. The second kappa shape index (κ2) is 17.3. The monoisotopic (exact) mass is 746 g/mol. The van der Waals surface area contributed by atoms with Crippen LogP contribution in [-0.2, 0) is 9.47 Å². The van der Waals surface area contributed by atoms with Gasteiger partial charge < -0.3 is 9.47 Å². The van der Waals surface area contributed by atoms with E-state index < -0.39 is 72.2 Å². The SMILES string of the molecule is CCCCCCCCC(C)C(CCC(F)(F)C(F)(F)C(F)(F)C(F)(F)C(F)(F)C(F)(F)C(F)(F)C(F)(F)F)(OCCCC)OCCCC. The lowest BCUT2D eigenvalue weighted by atomic mass is 9.85. The third kappa shape index (κ3) is 9.53. The fourth-order valence-electron chi connectivity index (χ4n) is 4.63. The molecule has 0 aromatic carbocycles. The third-order valence-electron chi connectivity index (χ3n) is 8.00. The van der Waals surface area contributed by atoms with Gasteiger partial charge in [-0.15, -0.1) is 0 Å². The molecule has 0 rings (SSSR count). The maximum atomic E-state index is 14.9. The Kier molecular flexibility index (Phi) is 16.8. The summed E-state index contributed by atoms with van der Waals surface area (Å²) in [7, 11) is 0. The lowest BCUT2D eigenvalue weighted by molar-refractivity contribution is -0.462. The Morgan fingerprint density at radius 2 is 0.771 bits per heavy atom. The molecule has 290 valence electrons. The van der Waals surface area contributed by atoms with Crippen molar-refractivity contribution in [2.45, 2.75) is 165 Å². The molecule has 0 radical (unpaired) electrons. The molecule has 0 spiro atoms. The summed E-state index contributed by atoms with van der Waals surface area (Å²) in [6, 6.07) is 0. The Balaban J connectivity index is 6.66. The summed E-state index contributed by atoms with van der Waals surface area (Å²) in [5.74, 6) is -59.7. The fourth-order valence-corrected chi connectivity index (χ4v) is 4.63. The van der Waals surface area contributed by atoms with Crippen LogP contribution in [0.2, 0.25) is 0 Å². The highest BCUT2D eigenvalue weighted by Crippen LogP contribution is 2.64. The van der Waals surface area contributed by atoms with Gasteiger partial charge in [0.05, 0.1) is 13.2 Å². The highest BCUT2D eigenvalue weighted by molar-refractivity contribution is 5.15. The predicted molar refractivity (Wildman–Crippen MR) is 142 cm³/mol. The van der Waals surface area contributed by atoms with Crippen LogP contribution in [0.3, 0.4) is 0 Å². The van der Waals surface area contributed by atoms with Crippen LogP contribution in [0.4, 0.5) is 74.6 Å². The summed E-state index contributed by atoms with van der Waals surface area (Å²) in [5.41, 5.74) is 0. The van der Waals surface area contributed by atoms with Crippen LogP contribution in [-0.4, -0.2) is 66.6 Å². The molecule has 1 unspecified atom stereocenters. The number of ether oxygens (including phenoxy) is 2. The zero-order valence-electron chi connectivity index (χ0n) is 26.9. The van der Waals surface area contributed by atoms with Gasteiger partial charge >= 0.3 is 47.6 Å². The van der Waals surface area contributed by atoms with E-state index in [-0.39, 0.29) is 32.5 Å². The first-order valence-electron chi connectivity index (χ1n) is 15.6. The quantitative estimate of drug-likeness (QED) is 0.0526. The molecular weight excluding hydrogens is 703 g/mol. The lowest BCUT2D eigenvalue weighted by Crippen LogP contribution is -2.74. The molecule has 0 aliphatic carbocycles. The summed E-state index contributed by atoms with van der Waals surface area (Å²) in [5, 5.41) is 0. The first-order valence-corrected chi connectivity index (χ1v) is 15.6. The first-order chi connectivity index (χ1) is 21.6. The molecule has 0 aromatic rings. The van der Waals surface area contributed by atoms with Crippen LogP contribution >= 0.6 is 0 Å². The minimum atomic E-state index is -8.65. The molecule has 0 aliphatic rings. The minimum Gasteiger partial charge on any atom is -0.350 e. The maximum absolute atomic E-state index is 14.9. The Labute approximate surface area is 268 Å². The van der Waals surface area contributed by atoms with Crippen LogP contribution in [0, 0.1) is 5.92 Å². The molecule has 48 heavy (non-hydrogen) atoms. The summed E-state index contributed by atoms with van der Waals surface area (Å²) < 4.78 is 245. The van der Waals surface area contributed by atoms with Gasteiger partial charge in [0.1, 0.15) is 0 Å². The van der Waals surface area contributed by atoms with Crippen molar-refractivity contribution in [3.63, 3.8) is 0 Å². The molecule has 1 atom stereocenters. The average Bonchev–Trinajstić information content (AvgIpc) is 2.96. The van der Waals surface area contributed by atoms with E-state index in [0.29, 0.717) is 25.7 Å². The van der Waals surface area contributed by atoms with Gasteiger partial charge in [0, 0.05) is 18.8 Å². The molecule has 0 aromatic heterocycles. The molecule has 0 saturated heterocycles. The number of alkyl halides is 17. The van der Waals surface area contributed by atoms with E-state index in [1.54, 1.807) is 13.8 Å². The van der Waals surface area contributed by atoms with E-state index in [2.05, 4.69) is 0 Å². The fraction of sp³-hybridized carbons (Fsp3) is 1.00. The number of halogens is 17. The molecule has 0 amide bonds. The predicted octanol–water partition coefficient (Wildman–Crippen LogP) is 12.5. The second-order valence-corrected chi connectivity index (χ2v) is 11.8. The van der Waals surface area contributed by atoms with E-state index in [4.69, 9.17) is 9.47 Å². The molecule has 0 saturated carbocycles. The number of rotatable bonds is 25. The van der Waals surface area contributed by atoms with Crippen molar-refractivity contribution in [3.05, 3.63) is 0 Å². The maximum Gasteiger partial charge on any atom is 0.460 e. The molecule has 0 fully saturated rings. The van der Waals surface area contributed by atoms with Crippen LogP contribution in [0.25, 0.3) is 0 Å². The Morgan fingerprint density at radius 1 is 0.417 bits per heavy atom. The largest absolute Gasteiger partial charge is 0.460 e. The Bertz CT molecular complexity index is 925. The topological polar surface area (TPSA) is 18.5 Å². The first kappa shape index (κ1) is 46.7. The van der Waals surface area contributed by atoms with Crippen molar-refractivity contribution in [1.29, 1.82) is 0 Å². The normalized spacial score (nSPS) is 15.7.